The number of anilines is 2. The van der Waals surface area contributed by atoms with Gasteiger partial charge >= 0.3 is 0 Å². The Morgan fingerprint density at radius 3 is 2.76 bits per heavy atom. The van der Waals surface area contributed by atoms with Crippen molar-refractivity contribution in [3.8, 4) is 0 Å². The quantitative estimate of drug-likeness (QED) is 0.639. The van der Waals surface area contributed by atoms with Gasteiger partial charge in [0.25, 0.3) is 5.91 Å². The average molecular weight is 396 g/mol. The van der Waals surface area contributed by atoms with Crippen molar-refractivity contribution in [2.75, 3.05) is 30.3 Å². The van der Waals surface area contributed by atoms with Gasteiger partial charge in [0.15, 0.2) is 0 Å². The van der Waals surface area contributed by atoms with Crippen LogP contribution < -0.4 is 16.0 Å². The molecule has 1 aliphatic rings. The first-order chi connectivity index (χ1) is 14.1. The molecule has 154 valence electrons. The molecule has 1 unspecified atom stereocenters. The third-order valence-electron chi connectivity index (χ3n) is 5.10. The van der Waals surface area contributed by atoms with Gasteiger partial charge < -0.3 is 20.7 Å². The second-order valence-corrected chi connectivity index (χ2v) is 7.29. The molecular weight excluding hydrogens is 366 g/mol. The molecule has 1 saturated heterocycles. The molecule has 0 saturated carbocycles. The minimum Gasteiger partial charge on any atom is -0.376 e. The number of para-hydroxylation sites is 1. The van der Waals surface area contributed by atoms with E-state index < -0.39 is 0 Å². The predicted molar refractivity (Wildman–Crippen MR) is 115 cm³/mol. The maximum absolute atomic E-state index is 12.4. The van der Waals surface area contributed by atoms with Gasteiger partial charge in [-0.2, -0.15) is 0 Å². The largest absolute Gasteiger partial charge is 0.376 e. The van der Waals surface area contributed by atoms with Crippen LogP contribution in [0.5, 0.6) is 0 Å². The lowest BCUT2D eigenvalue weighted by molar-refractivity contribution is -0.114. The Labute approximate surface area is 172 Å². The van der Waals surface area contributed by atoms with Crippen LogP contribution in [0.15, 0.2) is 42.5 Å². The van der Waals surface area contributed by atoms with E-state index in [9.17, 15) is 9.59 Å². The molecule has 1 fully saturated rings. The number of ether oxygens (including phenoxy) is 1. The number of amides is 2. The van der Waals surface area contributed by atoms with Gasteiger partial charge in [-0.15, -0.1) is 0 Å². The molecule has 2 amide bonds. The molecule has 1 heterocycles. The van der Waals surface area contributed by atoms with Crippen LogP contribution in [0.2, 0.25) is 0 Å². The summed E-state index contributed by atoms with van der Waals surface area (Å²) >= 11 is 0. The topological polar surface area (TPSA) is 79.5 Å². The zero-order chi connectivity index (χ0) is 20.6. The Morgan fingerprint density at radius 2 is 2.00 bits per heavy atom. The van der Waals surface area contributed by atoms with Gasteiger partial charge in [-0.3, -0.25) is 9.59 Å². The highest BCUT2D eigenvalue weighted by atomic mass is 16.5. The fraction of sp³-hybridized carbons (Fsp3) is 0.391. The Balaban J connectivity index is 1.53. The molecule has 2 aromatic rings. The number of hydrogen-bond acceptors (Lipinski definition) is 4. The molecule has 0 aromatic heterocycles. The highest BCUT2D eigenvalue weighted by Crippen LogP contribution is 2.21. The Hall–Kier alpha value is -2.86. The van der Waals surface area contributed by atoms with E-state index in [0.717, 1.165) is 48.4 Å². The molecule has 1 aliphatic heterocycles. The number of benzene rings is 2. The molecule has 6 heteroatoms. The summed E-state index contributed by atoms with van der Waals surface area (Å²) in [5, 5.41) is 9.01. The molecule has 0 aliphatic carbocycles. The molecule has 29 heavy (non-hydrogen) atoms. The van der Waals surface area contributed by atoms with Crippen LogP contribution in [0.1, 0.15) is 41.3 Å². The van der Waals surface area contributed by atoms with Crippen LogP contribution in [-0.2, 0) is 16.0 Å². The molecule has 3 rings (SSSR count). The third kappa shape index (κ3) is 5.81. The second kappa shape index (κ2) is 10.1. The number of rotatable bonds is 8. The first-order valence-corrected chi connectivity index (χ1v) is 10.2. The van der Waals surface area contributed by atoms with Crippen molar-refractivity contribution < 1.29 is 14.3 Å². The molecular formula is C23H29N3O3. The zero-order valence-electron chi connectivity index (χ0n) is 17.1. The third-order valence-corrected chi connectivity index (χ3v) is 5.10. The monoisotopic (exact) mass is 395 g/mol. The summed E-state index contributed by atoms with van der Waals surface area (Å²) in [6.07, 6.45) is 2.99. The van der Waals surface area contributed by atoms with Gasteiger partial charge in [-0.25, -0.2) is 0 Å². The van der Waals surface area contributed by atoms with E-state index in [1.165, 1.54) is 0 Å². The number of carbonyl (C=O) groups excluding carboxylic acids is 2. The van der Waals surface area contributed by atoms with Crippen LogP contribution in [-0.4, -0.2) is 37.6 Å². The SMILES string of the molecule is CCc1cccc(C)c1NC(=O)CNc1cccc(C(=O)NCC2CCCO2)c1. The molecule has 2 aromatic carbocycles. The van der Waals surface area contributed by atoms with E-state index in [2.05, 4.69) is 22.9 Å². The standard InChI is InChI=1S/C23H29N3O3/c1-3-17-8-4-7-16(2)22(17)26-21(27)15-24-19-10-5-9-18(13-19)23(28)25-14-20-11-6-12-29-20/h4-5,7-10,13,20,24H,3,6,11-12,14-15H2,1-2H3,(H,25,28)(H,26,27). The van der Waals surface area contributed by atoms with Crippen molar-refractivity contribution in [1.29, 1.82) is 0 Å². The number of carbonyl (C=O) groups is 2. The first-order valence-electron chi connectivity index (χ1n) is 10.2. The number of hydrogen-bond donors (Lipinski definition) is 3. The fourth-order valence-corrected chi connectivity index (χ4v) is 3.45. The molecule has 6 nitrogen and oxygen atoms in total. The Bertz CT molecular complexity index is 860. The van der Waals surface area contributed by atoms with Crippen LogP contribution in [0.4, 0.5) is 11.4 Å². The van der Waals surface area contributed by atoms with Crippen molar-refractivity contribution in [3.63, 3.8) is 0 Å². The number of aryl methyl sites for hydroxylation is 2. The van der Waals surface area contributed by atoms with Gasteiger partial charge in [-0.1, -0.05) is 31.2 Å². The summed E-state index contributed by atoms with van der Waals surface area (Å²) < 4.78 is 5.53. The minimum atomic E-state index is -0.138. The van der Waals surface area contributed by atoms with Crippen molar-refractivity contribution in [1.82, 2.24) is 5.32 Å². The van der Waals surface area contributed by atoms with Gasteiger partial charge in [0.05, 0.1) is 12.6 Å². The van der Waals surface area contributed by atoms with Gasteiger partial charge in [-0.05, 0) is 55.5 Å². The van der Waals surface area contributed by atoms with Crippen LogP contribution in [0.3, 0.4) is 0 Å². The lowest BCUT2D eigenvalue weighted by atomic mass is 10.1. The van der Waals surface area contributed by atoms with E-state index in [0.29, 0.717) is 12.1 Å². The summed E-state index contributed by atoms with van der Waals surface area (Å²) in [5.74, 6) is -0.261. The lowest BCUT2D eigenvalue weighted by Gasteiger charge is -2.14. The van der Waals surface area contributed by atoms with Gasteiger partial charge in [0, 0.05) is 30.1 Å². The first kappa shape index (κ1) is 20.9. The maximum atomic E-state index is 12.4. The maximum Gasteiger partial charge on any atom is 0.251 e. The average Bonchev–Trinajstić information content (AvgIpc) is 3.26. The zero-order valence-corrected chi connectivity index (χ0v) is 17.1. The van der Waals surface area contributed by atoms with Crippen LogP contribution in [0, 0.1) is 6.92 Å². The summed E-state index contributed by atoms with van der Waals surface area (Å²) in [6.45, 7) is 5.47. The summed E-state index contributed by atoms with van der Waals surface area (Å²) in [6, 6.07) is 13.2. The Kier molecular flexibility index (Phi) is 7.25. The summed E-state index contributed by atoms with van der Waals surface area (Å²) in [7, 11) is 0. The van der Waals surface area contributed by atoms with Crippen molar-refractivity contribution in [3.05, 3.63) is 59.2 Å². The smallest absolute Gasteiger partial charge is 0.251 e. The molecule has 1 atom stereocenters. The molecule has 0 radical (unpaired) electrons. The Morgan fingerprint density at radius 1 is 1.17 bits per heavy atom. The van der Waals surface area contributed by atoms with Crippen LogP contribution >= 0.6 is 0 Å². The highest BCUT2D eigenvalue weighted by Gasteiger charge is 2.17. The molecule has 0 spiro atoms. The molecule has 3 N–H and O–H groups in total. The number of nitrogens with one attached hydrogen (secondary N) is 3. The highest BCUT2D eigenvalue weighted by molar-refractivity contribution is 5.96. The van der Waals surface area contributed by atoms with E-state index >= 15 is 0 Å². The normalized spacial score (nSPS) is 15.7. The van der Waals surface area contributed by atoms with E-state index in [4.69, 9.17) is 4.74 Å². The van der Waals surface area contributed by atoms with Crippen molar-refractivity contribution in [2.45, 2.75) is 39.2 Å². The van der Waals surface area contributed by atoms with Gasteiger partial charge in [0.2, 0.25) is 5.91 Å². The molecule has 0 bridgehead atoms. The fourth-order valence-electron chi connectivity index (χ4n) is 3.45. The lowest BCUT2D eigenvalue weighted by Crippen LogP contribution is -2.31. The van der Waals surface area contributed by atoms with E-state index in [-0.39, 0.29) is 24.5 Å². The predicted octanol–water partition coefficient (Wildman–Crippen LogP) is 3.52. The summed E-state index contributed by atoms with van der Waals surface area (Å²) in [5.41, 5.74) is 4.32. The minimum absolute atomic E-state index is 0.110. The van der Waals surface area contributed by atoms with Gasteiger partial charge in [0.1, 0.15) is 0 Å². The van der Waals surface area contributed by atoms with Crippen molar-refractivity contribution in [2.24, 2.45) is 0 Å². The van der Waals surface area contributed by atoms with E-state index in [1.807, 2.05) is 31.2 Å². The van der Waals surface area contributed by atoms with Crippen LogP contribution in [0.25, 0.3) is 0 Å². The van der Waals surface area contributed by atoms with E-state index in [1.54, 1.807) is 18.2 Å². The van der Waals surface area contributed by atoms with Crippen molar-refractivity contribution >= 4 is 23.2 Å². The summed E-state index contributed by atoms with van der Waals surface area (Å²) in [4.78, 5) is 24.8. The second-order valence-electron chi connectivity index (χ2n) is 7.29.